The molecule has 1 N–H and O–H groups in total. The standard InChI is InChI=1S/C8H13BO3/c1-4-2-5-3-12-7(11)8(5,9)6(4)10/h4-6,10H,2-3,9H2,1H3/t4?,5-,6?,8?/m0/s1. The summed E-state index contributed by atoms with van der Waals surface area (Å²) in [6.45, 7) is 2.48. The molecule has 3 unspecified atom stereocenters. The third-order valence-electron chi connectivity index (χ3n) is 3.51. The van der Waals surface area contributed by atoms with Gasteiger partial charge in [-0.25, -0.2) is 0 Å². The molecular weight excluding hydrogens is 155 g/mol. The highest BCUT2D eigenvalue weighted by Crippen LogP contribution is 2.54. The third-order valence-corrected chi connectivity index (χ3v) is 3.51. The van der Waals surface area contributed by atoms with Crippen LogP contribution in [0.25, 0.3) is 0 Å². The highest BCUT2D eigenvalue weighted by molar-refractivity contribution is 6.28. The Kier molecular flexibility index (Phi) is 1.52. The summed E-state index contributed by atoms with van der Waals surface area (Å²) in [6.07, 6.45) is 0.390. The van der Waals surface area contributed by atoms with Crippen molar-refractivity contribution in [2.45, 2.75) is 24.8 Å². The van der Waals surface area contributed by atoms with Crippen LogP contribution in [0.2, 0.25) is 5.31 Å². The van der Waals surface area contributed by atoms with Crippen molar-refractivity contribution >= 4 is 13.8 Å². The monoisotopic (exact) mass is 168 g/mol. The Morgan fingerprint density at radius 3 is 3.00 bits per heavy atom. The van der Waals surface area contributed by atoms with Crippen LogP contribution in [0.15, 0.2) is 0 Å². The van der Waals surface area contributed by atoms with Crippen molar-refractivity contribution in [1.82, 2.24) is 0 Å². The van der Waals surface area contributed by atoms with E-state index in [0.29, 0.717) is 6.61 Å². The first-order chi connectivity index (χ1) is 5.56. The molecule has 1 saturated heterocycles. The van der Waals surface area contributed by atoms with E-state index in [4.69, 9.17) is 4.74 Å². The second kappa shape index (κ2) is 2.25. The molecule has 0 bridgehead atoms. The number of esters is 1. The number of carbonyl (C=O) groups is 1. The van der Waals surface area contributed by atoms with Gasteiger partial charge in [-0.15, -0.1) is 0 Å². The molecular formula is C8H13BO3. The molecule has 3 nitrogen and oxygen atoms in total. The maximum atomic E-state index is 11.4. The van der Waals surface area contributed by atoms with E-state index < -0.39 is 11.4 Å². The fourth-order valence-corrected chi connectivity index (χ4v) is 2.52. The Bertz CT molecular complexity index is 226. The summed E-state index contributed by atoms with van der Waals surface area (Å²) in [5, 5.41) is 9.19. The minimum Gasteiger partial charge on any atom is -0.465 e. The Labute approximate surface area is 72.5 Å². The smallest absolute Gasteiger partial charge is 0.306 e. The van der Waals surface area contributed by atoms with Crippen molar-refractivity contribution in [3.8, 4) is 0 Å². The Hall–Kier alpha value is -0.505. The molecule has 4 atom stereocenters. The van der Waals surface area contributed by atoms with Crippen molar-refractivity contribution in [3.05, 3.63) is 0 Å². The van der Waals surface area contributed by atoms with Gasteiger partial charge >= 0.3 is 5.97 Å². The zero-order valence-corrected chi connectivity index (χ0v) is 7.41. The molecule has 0 spiro atoms. The minimum atomic E-state index is -0.612. The van der Waals surface area contributed by atoms with Crippen LogP contribution in [0.1, 0.15) is 13.3 Å². The largest absolute Gasteiger partial charge is 0.465 e. The van der Waals surface area contributed by atoms with Crippen LogP contribution >= 0.6 is 0 Å². The molecule has 2 aliphatic rings. The Morgan fingerprint density at radius 1 is 1.75 bits per heavy atom. The number of hydrogen-bond donors (Lipinski definition) is 1. The zero-order chi connectivity index (χ0) is 8.93. The quantitative estimate of drug-likeness (QED) is 0.386. The fourth-order valence-electron chi connectivity index (χ4n) is 2.52. The molecule has 66 valence electrons. The number of aliphatic hydroxyl groups is 1. The lowest BCUT2D eigenvalue weighted by atomic mass is 9.62. The van der Waals surface area contributed by atoms with Gasteiger partial charge in [0.15, 0.2) is 0 Å². The molecule has 0 aromatic rings. The van der Waals surface area contributed by atoms with Crippen molar-refractivity contribution in [2.75, 3.05) is 6.61 Å². The molecule has 0 aromatic carbocycles. The van der Waals surface area contributed by atoms with Crippen molar-refractivity contribution < 1.29 is 14.6 Å². The molecule has 2 fully saturated rings. The minimum absolute atomic E-state index is 0.218. The Balaban J connectivity index is 2.34. The van der Waals surface area contributed by atoms with Crippen LogP contribution in [0.5, 0.6) is 0 Å². The first kappa shape index (κ1) is 8.11. The molecule has 0 amide bonds. The van der Waals surface area contributed by atoms with Crippen LogP contribution in [0, 0.1) is 11.8 Å². The second-order valence-electron chi connectivity index (χ2n) is 4.24. The van der Waals surface area contributed by atoms with Crippen LogP contribution < -0.4 is 0 Å². The summed E-state index contributed by atoms with van der Waals surface area (Å²) >= 11 is 0. The van der Waals surface area contributed by atoms with E-state index in [-0.39, 0.29) is 17.8 Å². The van der Waals surface area contributed by atoms with Gasteiger partial charge < -0.3 is 9.84 Å². The van der Waals surface area contributed by atoms with Crippen molar-refractivity contribution in [2.24, 2.45) is 11.8 Å². The summed E-state index contributed by atoms with van der Waals surface area (Å²) in [4.78, 5) is 11.4. The number of aliphatic hydroxyl groups excluding tert-OH is 1. The van der Waals surface area contributed by atoms with E-state index >= 15 is 0 Å². The number of hydrogen-bond acceptors (Lipinski definition) is 3. The van der Waals surface area contributed by atoms with Gasteiger partial charge in [0.1, 0.15) is 7.85 Å². The lowest BCUT2D eigenvalue weighted by Crippen LogP contribution is -2.34. The average molecular weight is 168 g/mol. The predicted molar refractivity (Wildman–Crippen MR) is 45.5 cm³/mol. The maximum absolute atomic E-state index is 11.4. The van der Waals surface area contributed by atoms with Crippen LogP contribution in [-0.2, 0) is 9.53 Å². The molecule has 4 heteroatoms. The van der Waals surface area contributed by atoms with Crippen LogP contribution in [0.4, 0.5) is 0 Å². The third kappa shape index (κ3) is 0.737. The van der Waals surface area contributed by atoms with Gasteiger partial charge in [0.05, 0.1) is 18.0 Å². The molecule has 1 heterocycles. The van der Waals surface area contributed by atoms with Crippen molar-refractivity contribution in [3.63, 3.8) is 0 Å². The van der Waals surface area contributed by atoms with Crippen LogP contribution in [0.3, 0.4) is 0 Å². The maximum Gasteiger partial charge on any atom is 0.306 e. The number of cyclic esters (lactones) is 1. The van der Waals surface area contributed by atoms with E-state index in [1.807, 2.05) is 14.8 Å². The highest BCUT2D eigenvalue weighted by Gasteiger charge is 2.59. The molecule has 1 saturated carbocycles. The summed E-state index contributed by atoms with van der Waals surface area (Å²) in [7, 11) is 1.82. The second-order valence-corrected chi connectivity index (χ2v) is 4.24. The molecule has 1 aliphatic heterocycles. The molecule has 0 radical (unpaired) electrons. The van der Waals surface area contributed by atoms with Crippen molar-refractivity contribution in [1.29, 1.82) is 0 Å². The van der Waals surface area contributed by atoms with E-state index in [9.17, 15) is 9.90 Å². The lowest BCUT2D eigenvalue weighted by Gasteiger charge is -2.23. The molecule has 2 rings (SSSR count). The topological polar surface area (TPSA) is 46.5 Å². The van der Waals surface area contributed by atoms with E-state index in [2.05, 4.69) is 0 Å². The summed E-state index contributed by atoms with van der Waals surface area (Å²) in [6, 6.07) is 0. The number of ether oxygens (including phenoxy) is 1. The van der Waals surface area contributed by atoms with E-state index in [0.717, 1.165) is 6.42 Å². The summed E-state index contributed by atoms with van der Waals surface area (Å²) < 4.78 is 4.94. The summed E-state index contributed by atoms with van der Waals surface area (Å²) in [5.74, 6) is 0.243. The number of rotatable bonds is 0. The van der Waals surface area contributed by atoms with E-state index in [1.54, 1.807) is 0 Å². The fraction of sp³-hybridized carbons (Fsp3) is 0.875. The SMILES string of the molecule is BC12C(=O)OC[C@@H]1CC(C)C2O. The molecule has 1 aliphatic carbocycles. The number of carbonyl (C=O) groups excluding carboxylic acids is 1. The normalized spacial score (nSPS) is 52.2. The highest BCUT2D eigenvalue weighted by atomic mass is 16.5. The van der Waals surface area contributed by atoms with Gasteiger partial charge in [-0.2, -0.15) is 0 Å². The number of fused-ring (bicyclic) bond motifs is 1. The van der Waals surface area contributed by atoms with Gasteiger partial charge in [-0.1, -0.05) is 6.92 Å². The first-order valence-electron chi connectivity index (χ1n) is 4.42. The first-order valence-corrected chi connectivity index (χ1v) is 4.42. The van der Waals surface area contributed by atoms with Gasteiger partial charge in [0.2, 0.25) is 0 Å². The summed E-state index contributed by atoms with van der Waals surface area (Å²) in [5.41, 5.74) is 0. The van der Waals surface area contributed by atoms with Gasteiger partial charge in [-0.05, 0) is 12.3 Å². The zero-order valence-electron chi connectivity index (χ0n) is 7.41. The van der Waals surface area contributed by atoms with Crippen LogP contribution in [-0.4, -0.2) is 31.6 Å². The molecule has 0 aromatic heterocycles. The lowest BCUT2D eigenvalue weighted by molar-refractivity contribution is -0.143. The predicted octanol–water partition coefficient (Wildman–Crippen LogP) is -0.648. The van der Waals surface area contributed by atoms with Gasteiger partial charge in [0.25, 0.3) is 0 Å². The van der Waals surface area contributed by atoms with E-state index in [1.165, 1.54) is 0 Å². The Morgan fingerprint density at radius 2 is 2.42 bits per heavy atom. The average Bonchev–Trinajstić information content (AvgIpc) is 2.41. The molecule has 12 heavy (non-hydrogen) atoms. The van der Waals surface area contributed by atoms with Gasteiger partial charge in [0, 0.05) is 5.92 Å². The van der Waals surface area contributed by atoms with Gasteiger partial charge in [-0.3, -0.25) is 4.79 Å².